The lowest BCUT2D eigenvalue weighted by molar-refractivity contribution is -0.0471. The van der Waals surface area contributed by atoms with Gasteiger partial charge in [-0.15, -0.1) is 0 Å². The van der Waals surface area contributed by atoms with E-state index < -0.39 is 12.5 Å². The van der Waals surface area contributed by atoms with Gasteiger partial charge < -0.3 is 10.6 Å². The summed E-state index contributed by atoms with van der Waals surface area (Å²) in [5.41, 5.74) is 5.06. The fourth-order valence-corrected chi connectivity index (χ4v) is 1.17. The summed E-state index contributed by atoms with van der Waals surface area (Å²) in [4.78, 5) is 1.20. The highest BCUT2D eigenvalue weighted by Crippen LogP contribution is 2.25. The second-order valence-corrected chi connectivity index (χ2v) is 2.77. The van der Waals surface area contributed by atoms with Crippen molar-refractivity contribution in [2.24, 2.45) is 5.73 Å². The van der Waals surface area contributed by atoms with Crippen molar-refractivity contribution in [3.63, 3.8) is 0 Å². The van der Waals surface area contributed by atoms with Crippen molar-refractivity contribution in [2.75, 3.05) is 13.1 Å². The van der Waals surface area contributed by atoms with Gasteiger partial charge in [-0.2, -0.15) is 0 Å². The molecule has 0 saturated carbocycles. The van der Waals surface area contributed by atoms with Gasteiger partial charge in [0.2, 0.25) is 0 Å². The molecule has 0 aliphatic carbocycles. The van der Waals surface area contributed by atoms with E-state index in [0.29, 0.717) is 13.0 Å². The first kappa shape index (κ1) is 8.23. The molecular formula is C6H11F2N3. The summed E-state index contributed by atoms with van der Waals surface area (Å²) in [5.74, 6) is -2.92. The number of nitrogens with zero attached hydrogens (tertiary/aromatic N) is 1. The molecule has 64 valence electrons. The average Bonchev–Trinajstić information content (AvgIpc) is 1.85. The van der Waals surface area contributed by atoms with Crippen LogP contribution in [-0.2, 0) is 0 Å². The van der Waals surface area contributed by atoms with Gasteiger partial charge in [-0.3, -0.25) is 5.41 Å². The second-order valence-electron chi connectivity index (χ2n) is 2.77. The van der Waals surface area contributed by atoms with E-state index in [1.165, 1.54) is 4.90 Å². The zero-order valence-electron chi connectivity index (χ0n) is 6.11. The van der Waals surface area contributed by atoms with Crippen molar-refractivity contribution in [3.8, 4) is 0 Å². The molecule has 3 N–H and O–H groups in total. The third-order valence-corrected chi connectivity index (χ3v) is 1.73. The summed E-state index contributed by atoms with van der Waals surface area (Å²) >= 11 is 0. The van der Waals surface area contributed by atoms with Crippen LogP contribution < -0.4 is 5.73 Å². The van der Waals surface area contributed by atoms with Gasteiger partial charge in [0.05, 0.1) is 6.54 Å². The van der Waals surface area contributed by atoms with E-state index in [0.717, 1.165) is 0 Å². The highest BCUT2D eigenvalue weighted by molar-refractivity contribution is 5.74. The summed E-state index contributed by atoms with van der Waals surface area (Å²) in [7, 11) is 0. The highest BCUT2D eigenvalue weighted by atomic mass is 19.3. The molecule has 0 spiro atoms. The zero-order chi connectivity index (χ0) is 8.48. The maximum atomic E-state index is 12.6. The number of hydrogen-bond donors (Lipinski definition) is 2. The molecule has 1 fully saturated rings. The van der Waals surface area contributed by atoms with Gasteiger partial charge in [-0.1, -0.05) is 0 Å². The lowest BCUT2D eigenvalue weighted by atomic mass is 10.1. The van der Waals surface area contributed by atoms with Gasteiger partial charge in [0, 0.05) is 13.0 Å². The van der Waals surface area contributed by atoms with Crippen molar-refractivity contribution in [1.82, 2.24) is 4.90 Å². The number of piperidine rings is 1. The molecule has 0 amide bonds. The van der Waals surface area contributed by atoms with Crippen LogP contribution in [0.15, 0.2) is 0 Å². The monoisotopic (exact) mass is 163 g/mol. The van der Waals surface area contributed by atoms with Crippen molar-refractivity contribution < 1.29 is 8.78 Å². The molecule has 1 rings (SSSR count). The van der Waals surface area contributed by atoms with E-state index in [-0.39, 0.29) is 12.4 Å². The standard InChI is InChI=1S/C6H11F2N3/c7-6(8)2-1-3-11(4-6)5(9)10/h1-4H2,(H3,9,10). The number of nitrogens with one attached hydrogen (secondary N) is 1. The number of nitrogens with two attached hydrogens (primary N) is 1. The van der Waals surface area contributed by atoms with Crippen LogP contribution in [0.5, 0.6) is 0 Å². The summed E-state index contributed by atoms with van der Waals surface area (Å²) < 4.78 is 25.2. The van der Waals surface area contributed by atoms with Gasteiger partial charge in [0.1, 0.15) is 0 Å². The van der Waals surface area contributed by atoms with Crippen LogP contribution in [0.25, 0.3) is 0 Å². The van der Waals surface area contributed by atoms with E-state index in [9.17, 15) is 8.78 Å². The lowest BCUT2D eigenvalue weighted by Crippen LogP contribution is -2.48. The van der Waals surface area contributed by atoms with Crippen LogP contribution in [0, 0.1) is 5.41 Å². The number of rotatable bonds is 0. The number of guanidine groups is 1. The Morgan fingerprint density at radius 2 is 2.18 bits per heavy atom. The molecular weight excluding hydrogens is 152 g/mol. The van der Waals surface area contributed by atoms with Crippen LogP contribution in [0.3, 0.4) is 0 Å². The van der Waals surface area contributed by atoms with Crippen molar-refractivity contribution >= 4 is 5.96 Å². The van der Waals surface area contributed by atoms with Crippen molar-refractivity contribution in [3.05, 3.63) is 0 Å². The molecule has 11 heavy (non-hydrogen) atoms. The first-order chi connectivity index (χ1) is 5.01. The van der Waals surface area contributed by atoms with E-state index in [1.54, 1.807) is 0 Å². The zero-order valence-corrected chi connectivity index (χ0v) is 6.11. The first-order valence-electron chi connectivity index (χ1n) is 3.48. The highest BCUT2D eigenvalue weighted by Gasteiger charge is 2.35. The number of likely N-dealkylation sites (tertiary alicyclic amines) is 1. The SMILES string of the molecule is N=C(N)N1CCCC(F)(F)C1. The minimum absolute atomic E-state index is 0.0865. The van der Waals surface area contributed by atoms with Crippen LogP contribution in [-0.4, -0.2) is 29.9 Å². The Labute approximate surface area is 63.7 Å². The molecule has 5 heteroatoms. The summed E-state index contributed by atoms with van der Waals surface area (Å²) in [5, 5.41) is 6.94. The van der Waals surface area contributed by atoms with Crippen LogP contribution in [0.2, 0.25) is 0 Å². The van der Waals surface area contributed by atoms with Gasteiger partial charge >= 0.3 is 0 Å². The van der Waals surface area contributed by atoms with Crippen LogP contribution >= 0.6 is 0 Å². The van der Waals surface area contributed by atoms with Gasteiger partial charge in [-0.25, -0.2) is 8.78 Å². The summed E-state index contributed by atoms with van der Waals surface area (Å²) in [6, 6.07) is 0. The molecule has 3 nitrogen and oxygen atoms in total. The smallest absolute Gasteiger partial charge is 0.265 e. The molecule has 1 aliphatic heterocycles. The minimum Gasteiger partial charge on any atom is -0.370 e. The summed E-state index contributed by atoms with van der Waals surface area (Å²) in [6.45, 7) is 0.0766. The fraction of sp³-hybridized carbons (Fsp3) is 0.833. The van der Waals surface area contributed by atoms with Crippen molar-refractivity contribution in [2.45, 2.75) is 18.8 Å². The van der Waals surface area contributed by atoms with Gasteiger partial charge in [-0.05, 0) is 6.42 Å². The molecule has 0 unspecified atom stereocenters. The normalized spacial score (nSPS) is 23.3. The maximum absolute atomic E-state index is 12.6. The molecule has 1 heterocycles. The van der Waals surface area contributed by atoms with Gasteiger partial charge in [0.25, 0.3) is 5.92 Å². The Morgan fingerprint density at radius 1 is 1.55 bits per heavy atom. The molecule has 0 aromatic carbocycles. The quantitative estimate of drug-likeness (QED) is 0.406. The molecule has 1 saturated heterocycles. The maximum Gasteiger partial charge on any atom is 0.265 e. The van der Waals surface area contributed by atoms with E-state index in [1.807, 2.05) is 0 Å². The van der Waals surface area contributed by atoms with Crippen molar-refractivity contribution in [1.29, 1.82) is 5.41 Å². The third-order valence-electron chi connectivity index (χ3n) is 1.73. The largest absolute Gasteiger partial charge is 0.370 e. The number of hydrogen-bond acceptors (Lipinski definition) is 1. The molecule has 0 radical (unpaired) electrons. The topological polar surface area (TPSA) is 53.1 Å². The molecule has 0 aromatic heterocycles. The van der Waals surface area contributed by atoms with E-state index in [4.69, 9.17) is 11.1 Å². The number of halogens is 2. The van der Waals surface area contributed by atoms with E-state index in [2.05, 4.69) is 0 Å². The van der Waals surface area contributed by atoms with Gasteiger partial charge in [0.15, 0.2) is 5.96 Å². The lowest BCUT2D eigenvalue weighted by Gasteiger charge is -2.32. The average molecular weight is 163 g/mol. The predicted octanol–water partition coefficient (Wildman–Crippen LogP) is 0.611. The molecule has 0 atom stereocenters. The summed E-state index contributed by atoms with van der Waals surface area (Å²) in [6.07, 6.45) is 0.323. The fourth-order valence-electron chi connectivity index (χ4n) is 1.17. The Bertz CT molecular complexity index is 169. The molecule has 0 aromatic rings. The Morgan fingerprint density at radius 3 is 2.55 bits per heavy atom. The Hall–Kier alpha value is -0.870. The number of alkyl halides is 2. The van der Waals surface area contributed by atoms with E-state index >= 15 is 0 Å². The third kappa shape index (κ3) is 2.03. The van der Waals surface area contributed by atoms with Crippen LogP contribution in [0.4, 0.5) is 8.78 Å². The Kier molecular flexibility index (Phi) is 1.97. The molecule has 1 aliphatic rings. The molecule has 0 bridgehead atoms. The van der Waals surface area contributed by atoms with Crippen LogP contribution in [0.1, 0.15) is 12.8 Å². The second kappa shape index (κ2) is 2.64. The Balaban J connectivity index is 2.53. The first-order valence-corrected chi connectivity index (χ1v) is 3.48. The minimum atomic E-state index is -2.66. The predicted molar refractivity (Wildman–Crippen MR) is 37.7 cm³/mol.